The number of amides is 2. The minimum atomic E-state index is 0.0450. The van der Waals surface area contributed by atoms with Gasteiger partial charge in [-0.3, -0.25) is 14.5 Å². The Morgan fingerprint density at radius 3 is 2.35 bits per heavy atom. The predicted octanol–water partition coefficient (Wildman–Crippen LogP) is 0.769. The first kappa shape index (κ1) is 11.2. The third-order valence-corrected chi connectivity index (χ3v) is 4.68. The van der Waals surface area contributed by atoms with Crippen molar-refractivity contribution in [3.8, 4) is 0 Å². The summed E-state index contributed by atoms with van der Waals surface area (Å²) in [6, 6.07) is 0.294. The number of rotatable bonds is 4. The molecule has 2 amide bonds. The molecule has 4 heteroatoms. The van der Waals surface area contributed by atoms with E-state index < -0.39 is 0 Å². The molecule has 1 N–H and O–H groups in total. The molecule has 1 heterocycles. The molecule has 0 aromatic rings. The fourth-order valence-corrected chi connectivity index (χ4v) is 3.46. The van der Waals surface area contributed by atoms with Crippen molar-refractivity contribution in [2.75, 3.05) is 13.6 Å². The highest BCUT2D eigenvalue weighted by atomic mass is 16.2. The molecule has 4 nitrogen and oxygen atoms in total. The van der Waals surface area contributed by atoms with E-state index in [9.17, 15) is 9.59 Å². The van der Waals surface area contributed by atoms with Crippen LogP contribution in [0.1, 0.15) is 32.1 Å². The van der Waals surface area contributed by atoms with Crippen molar-refractivity contribution in [1.29, 1.82) is 0 Å². The standard InChI is InChI=1S/C13H20N2O2/c1-14-11(8-4-2-3-5-8)7-15-12(16)9-6-10(9)13(15)17/h8-11,14H,2-7H2,1H3. The highest BCUT2D eigenvalue weighted by Crippen LogP contribution is 2.47. The predicted molar refractivity (Wildman–Crippen MR) is 63.1 cm³/mol. The SMILES string of the molecule is CNC(CN1C(=O)C2CC2C1=O)C1CCCC1. The molecule has 0 aromatic carbocycles. The zero-order valence-electron chi connectivity index (χ0n) is 10.3. The molecule has 0 aromatic heterocycles. The Morgan fingerprint density at radius 2 is 1.82 bits per heavy atom. The first-order valence-corrected chi connectivity index (χ1v) is 6.75. The number of carbonyl (C=O) groups excluding carboxylic acids is 2. The van der Waals surface area contributed by atoms with E-state index in [0.29, 0.717) is 18.5 Å². The lowest BCUT2D eigenvalue weighted by molar-refractivity contribution is -0.141. The first-order valence-electron chi connectivity index (χ1n) is 6.75. The third kappa shape index (κ3) is 1.79. The van der Waals surface area contributed by atoms with Crippen LogP contribution in [0.15, 0.2) is 0 Å². The summed E-state index contributed by atoms with van der Waals surface area (Å²) >= 11 is 0. The van der Waals surface area contributed by atoms with E-state index in [0.717, 1.165) is 6.42 Å². The van der Waals surface area contributed by atoms with Gasteiger partial charge in [0.25, 0.3) is 0 Å². The monoisotopic (exact) mass is 236 g/mol. The Hall–Kier alpha value is -0.900. The lowest BCUT2D eigenvalue weighted by Crippen LogP contribution is -2.46. The van der Waals surface area contributed by atoms with Gasteiger partial charge in [-0.1, -0.05) is 12.8 Å². The van der Waals surface area contributed by atoms with Crippen LogP contribution in [0.5, 0.6) is 0 Å². The van der Waals surface area contributed by atoms with Crippen molar-refractivity contribution >= 4 is 11.8 Å². The summed E-state index contributed by atoms with van der Waals surface area (Å²) in [5.41, 5.74) is 0. The van der Waals surface area contributed by atoms with Crippen LogP contribution >= 0.6 is 0 Å². The quantitative estimate of drug-likeness (QED) is 0.733. The number of imide groups is 1. The van der Waals surface area contributed by atoms with Crippen molar-refractivity contribution in [3.63, 3.8) is 0 Å². The average Bonchev–Trinajstić information content (AvgIpc) is 2.88. The summed E-state index contributed by atoms with van der Waals surface area (Å²) in [4.78, 5) is 25.3. The van der Waals surface area contributed by atoms with Crippen LogP contribution in [-0.2, 0) is 9.59 Å². The molecule has 3 aliphatic rings. The number of likely N-dealkylation sites (tertiary alicyclic amines) is 1. The summed E-state index contributed by atoms with van der Waals surface area (Å²) in [6.07, 6.45) is 5.84. The van der Waals surface area contributed by atoms with Gasteiger partial charge in [-0.25, -0.2) is 0 Å². The number of piperidine rings is 1. The molecule has 94 valence electrons. The normalized spacial score (nSPS) is 34.3. The molecule has 3 fully saturated rings. The van der Waals surface area contributed by atoms with Crippen molar-refractivity contribution in [1.82, 2.24) is 10.2 Å². The Kier molecular flexibility index (Phi) is 2.69. The topological polar surface area (TPSA) is 49.4 Å². The van der Waals surface area contributed by atoms with Crippen molar-refractivity contribution in [2.45, 2.75) is 38.1 Å². The van der Waals surface area contributed by atoms with Crippen molar-refractivity contribution in [3.05, 3.63) is 0 Å². The van der Waals surface area contributed by atoms with E-state index >= 15 is 0 Å². The molecule has 0 bridgehead atoms. The summed E-state index contributed by atoms with van der Waals surface area (Å²) in [7, 11) is 1.94. The molecule has 3 unspecified atom stereocenters. The molecular formula is C13H20N2O2. The zero-order chi connectivity index (χ0) is 12.0. The van der Waals surface area contributed by atoms with Gasteiger partial charge >= 0.3 is 0 Å². The van der Waals surface area contributed by atoms with E-state index in [2.05, 4.69) is 5.32 Å². The highest BCUT2D eigenvalue weighted by molar-refractivity contribution is 6.08. The molecule has 2 aliphatic carbocycles. The van der Waals surface area contributed by atoms with E-state index in [1.807, 2.05) is 7.05 Å². The number of hydrogen-bond donors (Lipinski definition) is 1. The van der Waals surface area contributed by atoms with Gasteiger partial charge in [-0.05, 0) is 32.2 Å². The second-order valence-corrected chi connectivity index (χ2v) is 5.68. The molecule has 3 atom stereocenters. The average molecular weight is 236 g/mol. The van der Waals surface area contributed by atoms with Crippen molar-refractivity contribution < 1.29 is 9.59 Å². The number of likely N-dealkylation sites (N-methyl/N-ethyl adjacent to an activating group) is 1. The summed E-state index contributed by atoms with van der Waals surface area (Å²) < 4.78 is 0. The third-order valence-electron chi connectivity index (χ3n) is 4.68. The van der Waals surface area contributed by atoms with Crippen LogP contribution in [0.3, 0.4) is 0 Å². The van der Waals surface area contributed by atoms with Gasteiger partial charge in [0.2, 0.25) is 11.8 Å². The van der Waals surface area contributed by atoms with E-state index in [1.54, 1.807) is 0 Å². The summed E-state index contributed by atoms with van der Waals surface area (Å²) in [5, 5.41) is 3.30. The van der Waals surface area contributed by atoms with Gasteiger partial charge in [-0.2, -0.15) is 0 Å². The van der Waals surface area contributed by atoms with Gasteiger partial charge in [0.15, 0.2) is 0 Å². The minimum absolute atomic E-state index is 0.0450. The van der Waals surface area contributed by atoms with Gasteiger partial charge in [0.05, 0.1) is 11.8 Å². The smallest absolute Gasteiger partial charge is 0.233 e. The first-order chi connectivity index (χ1) is 8.22. The van der Waals surface area contributed by atoms with Crippen LogP contribution in [-0.4, -0.2) is 36.3 Å². The van der Waals surface area contributed by atoms with E-state index in [-0.39, 0.29) is 23.7 Å². The van der Waals surface area contributed by atoms with E-state index in [4.69, 9.17) is 0 Å². The lowest BCUT2D eigenvalue weighted by atomic mass is 9.97. The largest absolute Gasteiger partial charge is 0.315 e. The Morgan fingerprint density at radius 1 is 1.24 bits per heavy atom. The summed E-state index contributed by atoms with van der Waals surface area (Å²) in [5.74, 6) is 0.890. The van der Waals surface area contributed by atoms with Crippen LogP contribution in [0, 0.1) is 17.8 Å². The van der Waals surface area contributed by atoms with Gasteiger partial charge in [-0.15, -0.1) is 0 Å². The second kappa shape index (κ2) is 4.09. The fourth-order valence-electron chi connectivity index (χ4n) is 3.46. The van der Waals surface area contributed by atoms with Crippen molar-refractivity contribution in [2.24, 2.45) is 17.8 Å². The van der Waals surface area contributed by atoms with E-state index in [1.165, 1.54) is 30.6 Å². The molecule has 1 saturated heterocycles. The number of nitrogens with zero attached hydrogens (tertiary/aromatic N) is 1. The molecule has 2 saturated carbocycles. The molecule has 1 aliphatic heterocycles. The second-order valence-electron chi connectivity index (χ2n) is 5.68. The van der Waals surface area contributed by atoms with Gasteiger partial charge in [0.1, 0.15) is 0 Å². The van der Waals surface area contributed by atoms with Gasteiger partial charge < -0.3 is 5.32 Å². The minimum Gasteiger partial charge on any atom is -0.315 e. The van der Waals surface area contributed by atoms with Crippen LogP contribution in [0.25, 0.3) is 0 Å². The Balaban J connectivity index is 1.65. The zero-order valence-corrected chi connectivity index (χ0v) is 10.3. The summed E-state index contributed by atoms with van der Waals surface area (Å²) in [6.45, 7) is 0.589. The molecule has 3 rings (SSSR count). The molecule has 0 radical (unpaired) electrons. The maximum Gasteiger partial charge on any atom is 0.233 e. The number of carbonyl (C=O) groups is 2. The maximum absolute atomic E-state index is 11.9. The number of nitrogens with one attached hydrogen (secondary N) is 1. The fraction of sp³-hybridized carbons (Fsp3) is 0.846. The Labute approximate surface area is 102 Å². The van der Waals surface area contributed by atoms with Crippen LogP contribution < -0.4 is 5.32 Å². The van der Waals surface area contributed by atoms with Gasteiger partial charge in [0, 0.05) is 12.6 Å². The van der Waals surface area contributed by atoms with Crippen LogP contribution in [0.2, 0.25) is 0 Å². The number of fused-ring (bicyclic) bond motifs is 1. The Bertz CT molecular complexity index is 329. The number of hydrogen-bond acceptors (Lipinski definition) is 3. The maximum atomic E-state index is 11.9. The molecule has 17 heavy (non-hydrogen) atoms. The molecular weight excluding hydrogens is 216 g/mol. The highest BCUT2D eigenvalue weighted by Gasteiger charge is 2.59. The molecule has 0 spiro atoms. The lowest BCUT2D eigenvalue weighted by Gasteiger charge is -2.27. The van der Waals surface area contributed by atoms with Crippen LogP contribution in [0.4, 0.5) is 0 Å².